The minimum absolute atomic E-state index is 0.0635. The number of rotatable bonds is 6. The molecule has 0 unspecified atom stereocenters. The second-order valence-electron chi connectivity index (χ2n) is 4.70. The minimum Gasteiger partial charge on any atom is -0.475 e. The Morgan fingerprint density at radius 3 is 2.73 bits per heavy atom. The van der Waals surface area contributed by atoms with Crippen LogP contribution in [0.4, 0.5) is 5.69 Å². The Kier molecular flexibility index (Phi) is 5.08. The van der Waals surface area contributed by atoms with Gasteiger partial charge in [-0.1, -0.05) is 6.58 Å². The van der Waals surface area contributed by atoms with Gasteiger partial charge in [0.15, 0.2) is 0 Å². The third-order valence-electron chi connectivity index (χ3n) is 2.47. The highest BCUT2D eigenvalue weighted by molar-refractivity contribution is 5.98. The summed E-state index contributed by atoms with van der Waals surface area (Å²) in [6, 6.07) is 5.14. The van der Waals surface area contributed by atoms with Crippen LogP contribution in [0, 0.1) is 0 Å². The molecule has 0 aliphatic heterocycles. The summed E-state index contributed by atoms with van der Waals surface area (Å²) >= 11 is 0. The number of hydrogen-bond donors (Lipinski definition) is 1. The second-order valence-corrected chi connectivity index (χ2v) is 4.70. The van der Waals surface area contributed by atoms with Gasteiger partial charge in [0.2, 0.25) is 11.8 Å². The van der Waals surface area contributed by atoms with E-state index in [-0.39, 0.29) is 12.0 Å². The van der Waals surface area contributed by atoms with E-state index in [2.05, 4.69) is 21.9 Å². The van der Waals surface area contributed by atoms with Crippen molar-refractivity contribution in [1.82, 2.24) is 9.97 Å². The van der Waals surface area contributed by atoms with Crippen molar-refractivity contribution in [2.75, 3.05) is 5.32 Å². The Morgan fingerprint density at radius 1 is 1.27 bits per heavy atom. The van der Waals surface area contributed by atoms with E-state index in [1.807, 2.05) is 13.8 Å². The first-order chi connectivity index (χ1) is 10.6. The van der Waals surface area contributed by atoms with E-state index in [1.54, 1.807) is 30.6 Å². The lowest BCUT2D eigenvalue weighted by atomic mass is 10.3. The van der Waals surface area contributed by atoms with Crippen molar-refractivity contribution < 1.29 is 14.3 Å². The van der Waals surface area contributed by atoms with Crippen molar-refractivity contribution in [2.24, 2.45) is 0 Å². The number of nitrogens with one attached hydrogen (secondary N) is 1. The predicted molar refractivity (Wildman–Crippen MR) is 83.1 cm³/mol. The highest BCUT2D eigenvalue weighted by Crippen LogP contribution is 2.23. The zero-order valence-electron chi connectivity index (χ0n) is 12.4. The van der Waals surface area contributed by atoms with E-state index in [0.717, 1.165) is 0 Å². The molecule has 0 atom stereocenters. The van der Waals surface area contributed by atoms with Gasteiger partial charge in [0.1, 0.15) is 11.5 Å². The standard InChI is InChI=1S/C16H17N3O3/c1-4-15(20)19-12-7-14(9-17-8-12)22-13-5-6-16(18-10-13)21-11(2)3/h4-11H,1H2,2-3H3,(H,19,20). The summed E-state index contributed by atoms with van der Waals surface area (Å²) in [5.74, 6) is 1.26. The maximum absolute atomic E-state index is 11.3. The molecule has 0 aliphatic rings. The number of amides is 1. The van der Waals surface area contributed by atoms with Crippen LogP contribution in [0.15, 0.2) is 49.4 Å². The SMILES string of the molecule is C=CC(=O)Nc1cncc(Oc2ccc(OC(C)C)nc2)c1. The minimum atomic E-state index is -0.309. The van der Waals surface area contributed by atoms with Crippen molar-refractivity contribution in [1.29, 1.82) is 0 Å². The Morgan fingerprint density at radius 2 is 2.09 bits per heavy atom. The van der Waals surface area contributed by atoms with Gasteiger partial charge in [-0.2, -0.15) is 0 Å². The van der Waals surface area contributed by atoms with Gasteiger partial charge in [-0.15, -0.1) is 0 Å². The van der Waals surface area contributed by atoms with Crippen LogP contribution in [0.3, 0.4) is 0 Å². The molecule has 0 aromatic carbocycles. The van der Waals surface area contributed by atoms with Gasteiger partial charge < -0.3 is 14.8 Å². The van der Waals surface area contributed by atoms with E-state index in [1.165, 1.54) is 12.3 Å². The maximum atomic E-state index is 11.3. The number of nitrogens with zero attached hydrogens (tertiary/aromatic N) is 2. The average molecular weight is 299 g/mol. The van der Waals surface area contributed by atoms with Crippen molar-refractivity contribution >= 4 is 11.6 Å². The molecular weight excluding hydrogens is 282 g/mol. The molecule has 114 valence electrons. The van der Waals surface area contributed by atoms with E-state index >= 15 is 0 Å². The zero-order chi connectivity index (χ0) is 15.9. The molecule has 0 spiro atoms. The molecule has 0 radical (unpaired) electrons. The Bertz CT molecular complexity index is 654. The molecule has 1 amide bonds. The summed E-state index contributed by atoms with van der Waals surface area (Å²) in [7, 11) is 0. The van der Waals surface area contributed by atoms with Gasteiger partial charge in [-0.25, -0.2) is 4.98 Å². The molecule has 0 bridgehead atoms. The summed E-state index contributed by atoms with van der Waals surface area (Å²) in [4.78, 5) is 19.4. The lowest BCUT2D eigenvalue weighted by Gasteiger charge is -2.10. The number of carbonyl (C=O) groups is 1. The van der Waals surface area contributed by atoms with Crippen LogP contribution in [0.25, 0.3) is 0 Å². The molecule has 0 saturated heterocycles. The highest BCUT2D eigenvalue weighted by atomic mass is 16.5. The predicted octanol–water partition coefficient (Wildman–Crippen LogP) is 3.18. The normalized spacial score (nSPS) is 10.1. The van der Waals surface area contributed by atoms with Gasteiger partial charge in [0, 0.05) is 12.1 Å². The molecule has 0 fully saturated rings. The van der Waals surface area contributed by atoms with E-state index in [0.29, 0.717) is 23.1 Å². The van der Waals surface area contributed by atoms with Gasteiger partial charge in [-0.05, 0) is 26.0 Å². The third-order valence-corrected chi connectivity index (χ3v) is 2.47. The third kappa shape index (κ3) is 4.59. The van der Waals surface area contributed by atoms with Crippen LogP contribution in [-0.4, -0.2) is 22.0 Å². The highest BCUT2D eigenvalue weighted by Gasteiger charge is 2.04. The smallest absolute Gasteiger partial charge is 0.247 e. The Hall–Kier alpha value is -2.89. The van der Waals surface area contributed by atoms with Crippen molar-refractivity contribution in [3.63, 3.8) is 0 Å². The van der Waals surface area contributed by atoms with Gasteiger partial charge in [0.25, 0.3) is 0 Å². The fourth-order valence-electron chi connectivity index (χ4n) is 1.61. The van der Waals surface area contributed by atoms with Gasteiger partial charge >= 0.3 is 0 Å². The van der Waals surface area contributed by atoms with Crippen LogP contribution < -0.4 is 14.8 Å². The van der Waals surface area contributed by atoms with E-state index in [4.69, 9.17) is 9.47 Å². The van der Waals surface area contributed by atoms with Crippen molar-refractivity contribution in [3.8, 4) is 17.4 Å². The second kappa shape index (κ2) is 7.21. The molecule has 2 aromatic heterocycles. The summed E-state index contributed by atoms with van der Waals surface area (Å²) in [5.41, 5.74) is 0.523. The van der Waals surface area contributed by atoms with E-state index < -0.39 is 0 Å². The van der Waals surface area contributed by atoms with Crippen molar-refractivity contribution in [3.05, 3.63) is 49.4 Å². The molecule has 6 heteroatoms. The molecule has 0 aliphatic carbocycles. The number of aromatic nitrogens is 2. The quantitative estimate of drug-likeness (QED) is 0.829. The van der Waals surface area contributed by atoms with E-state index in [9.17, 15) is 4.79 Å². The van der Waals surface area contributed by atoms with Crippen LogP contribution in [0.2, 0.25) is 0 Å². The zero-order valence-corrected chi connectivity index (χ0v) is 12.4. The lowest BCUT2D eigenvalue weighted by molar-refractivity contribution is -0.111. The first-order valence-corrected chi connectivity index (χ1v) is 6.76. The number of ether oxygens (including phenoxy) is 2. The number of pyridine rings is 2. The van der Waals surface area contributed by atoms with Crippen LogP contribution in [0.1, 0.15) is 13.8 Å². The molecule has 1 N–H and O–H groups in total. The molecule has 2 rings (SSSR count). The number of hydrogen-bond acceptors (Lipinski definition) is 5. The summed E-state index contributed by atoms with van der Waals surface area (Å²) < 4.78 is 11.1. The fraction of sp³-hybridized carbons (Fsp3) is 0.188. The first kappa shape index (κ1) is 15.5. The average Bonchev–Trinajstić information content (AvgIpc) is 2.49. The summed E-state index contributed by atoms with van der Waals surface area (Å²) in [6.45, 7) is 7.25. The summed E-state index contributed by atoms with van der Waals surface area (Å²) in [5, 5.41) is 2.61. The number of carbonyl (C=O) groups excluding carboxylic acids is 1. The summed E-state index contributed by atoms with van der Waals surface area (Å²) in [6.07, 6.45) is 5.87. The molecule has 6 nitrogen and oxygen atoms in total. The largest absolute Gasteiger partial charge is 0.475 e. The van der Waals surface area contributed by atoms with Crippen molar-refractivity contribution in [2.45, 2.75) is 20.0 Å². The molecule has 2 heterocycles. The Labute approximate surface area is 128 Å². The molecule has 0 saturated carbocycles. The molecular formula is C16H17N3O3. The van der Waals surface area contributed by atoms with Crippen LogP contribution in [0.5, 0.6) is 17.4 Å². The van der Waals surface area contributed by atoms with Gasteiger partial charge in [-0.3, -0.25) is 9.78 Å². The topological polar surface area (TPSA) is 73.3 Å². The fourth-order valence-corrected chi connectivity index (χ4v) is 1.61. The van der Waals surface area contributed by atoms with Crippen LogP contribution >= 0.6 is 0 Å². The van der Waals surface area contributed by atoms with Gasteiger partial charge in [0.05, 0.1) is 30.4 Å². The molecule has 2 aromatic rings. The lowest BCUT2D eigenvalue weighted by Crippen LogP contribution is -2.07. The molecule has 22 heavy (non-hydrogen) atoms. The first-order valence-electron chi connectivity index (χ1n) is 6.76. The Balaban J connectivity index is 2.05. The number of anilines is 1. The monoisotopic (exact) mass is 299 g/mol. The van der Waals surface area contributed by atoms with Crippen LogP contribution in [-0.2, 0) is 4.79 Å². The maximum Gasteiger partial charge on any atom is 0.247 e.